The molecule has 0 fully saturated rings. The Morgan fingerprint density at radius 1 is 0.460 bits per heavy atom. The van der Waals surface area contributed by atoms with E-state index in [-0.39, 0.29) is 0 Å². The summed E-state index contributed by atoms with van der Waals surface area (Å²) in [6, 6.07) is 57.7. The fourth-order valence-electron chi connectivity index (χ4n) is 6.61. The molecule has 8 aromatic rings. The van der Waals surface area contributed by atoms with Crippen LogP contribution in [0.1, 0.15) is 44.4 Å². The lowest BCUT2D eigenvalue weighted by molar-refractivity contribution is 1.47. The highest BCUT2D eigenvalue weighted by Gasteiger charge is 2.14. The molecule has 0 aliphatic heterocycles. The summed E-state index contributed by atoms with van der Waals surface area (Å²) in [6.45, 7) is 16.2. The van der Waals surface area contributed by atoms with Gasteiger partial charge in [0, 0.05) is 11.3 Å². The van der Waals surface area contributed by atoms with Crippen molar-refractivity contribution in [2.24, 2.45) is 4.99 Å². The third-order valence-electron chi connectivity index (χ3n) is 9.04. The van der Waals surface area contributed by atoms with Crippen LogP contribution in [0.15, 0.2) is 182 Å². The van der Waals surface area contributed by atoms with Crippen LogP contribution in [-0.4, -0.2) is 5.71 Å². The zero-order valence-corrected chi connectivity index (χ0v) is 29.4. The van der Waals surface area contributed by atoms with E-state index in [0.29, 0.717) is 0 Å². The second-order valence-corrected chi connectivity index (χ2v) is 12.2. The van der Waals surface area contributed by atoms with Crippen molar-refractivity contribution in [3.63, 3.8) is 0 Å². The van der Waals surface area contributed by atoms with Gasteiger partial charge >= 0.3 is 0 Å². The average Bonchev–Trinajstić information content (AvgIpc) is 3.19. The monoisotopic (exact) mass is 645 g/mol. The van der Waals surface area contributed by atoms with Crippen molar-refractivity contribution in [3.8, 4) is 11.1 Å². The van der Waals surface area contributed by atoms with E-state index in [2.05, 4.69) is 141 Å². The molecule has 8 aromatic carbocycles. The standard InChI is InChI=1S/C38H27N.C9H10.C2H6/c1-25(27-12-4-3-5-13-27)39-26(2)30-15-8-9-16-31(30)29-21-22-34-36-23-20-28-14-6-7-17-32(28)38(36)35-19-11-10-18-33(35)37(34)24-29;1-8(2)9-6-4-3-5-7-9;1-2/h3-24H,2H2,1H3;3-7H,1H2,2H3;1-2H3. The summed E-state index contributed by atoms with van der Waals surface area (Å²) in [4.78, 5) is 4.91. The van der Waals surface area contributed by atoms with Gasteiger partial charge in [-0.15, -0.1) is 0 Å². The number of fused-ring (bicyclic) bond motifs is 8. The lowest BCUT2D eigenvalue weighted by Crippen LogP contribution is -1.96. The molecule has 0 atom stereocenters. The number of nitrogens with zero attached hydrogens (tertiary/aromatic N) is 1. The Balaban J connectivity index is 0.000000340. The van der Waals surface area contributed by atoms with Gasteiger partial charge in [0.05, 0.1) is 5.70 Å². The molecule has 0 saturated carbocycles. The number of hydrogen-bond donors (Lipinski definition) is 0. The first-order valence-corrected chi connectivity index (χ1v) is 17.4. The molecule has 0 aromatic heterocycles. The lowest BCUT2D eigenvalue weighted by atomic mass is 9.89. The summed E-state index contributed by atoms with van der Waals surface area (Å²) in [6.07, 6.45) is 0. The van der Waals surface area contributed by atoms with Crippen molar-refractivity contribution >= 4 is 60.1 Å². The molecule has 0 saturated heterocycles. The summed E-state index contributed by atoms with van der Waals surface area (Å²) in [5.74, 6) is 0. The number of allylic oxidation sites excluding steroid dienone is 1. The third kappa shape index (κ3) is 6.90. The molecule has 1 heteroatoms. The average molecular weight is 646 g/mol. The Kier molecular flexibility index (Phi) is 10.5. The highest BCUT2D eigenvalue weighted by atomic mass is 14.8. The van der Waals surface area contributed by atoms with Crippen molar-refractivity contribution in [3.05, 3.63) is 194 Å². The molecule has 0 unspecified atom stereocenters. The van der Waals surface area contributed by atoms with Gasteiger partial charge in [-0.1, -0.05) is 190 Å². The Hall–Kier alpha value is -6.05. The molecule has 0 radical (unpaired) electrons. The molecule has 50 heavy (non-hydrogen) atoms. The van der Waals surface area contributed by atoms with Gasteiger partial charge in [-0.2, -0.15) is 0 Å². The van der Waals surface area contributed by atoms with Gasteiger partial charge in [-0.25, -0.2) is 0 Å². The predicted molar refractivity (Wildman–Crippen MR) is 222 cm³/mol. The Morgan fingerprint density at radius 3 is 1.66 bits per heavy atom. The highest BCUT2D eigenvalue weighted by molar-refractivity contribution is 6.31. The number of benzene rings is 8. The predicted octanol–water partition coefficient (Wildman–Crippen LogP) is 14.2. The van der Waals surface area contributed by atoms with Crippen LogP contribution in [0.4, 0.5) is 0 Å². The molecule has 8 rings (SSSR count). The molecular weight excluding hydrogens is 603 g/mol. The Morgan fingerprint density at radius 2 is 0.980 bits per heavy atom. The van der Waals surface area contributed by atoms with Crippen molar-refractivity contribution in [2.75, 3.05) is 0 Å². The zero-order valence-electron chi connectivity index (χ0n) is 29.4. The molecule has 0 heterocycles. The first kappa shape index (κ1) is 33.8. The maximum absolute atomic E-state index is 4.91. The first-order valence-electron chi connectivity index (χ1n) is 17.4. The molecule has 0 N–H and O–H groups in total. The first-order chi connectivity index (χ1) is 24.5. The van der Waals surface area contributed by atoms with Gasteiger partial charge in [0.15, 0.2) is 0 Å². The fraction of sp³-hybridized carbons (Fsp3) is 0.0816. The summed E-state index contributed by atoms with van der Waals surface area (Å²) in [7, 11) is 0. The quantitative estimate of drug-likeness (QED) is 0.130. The van der Waals surface area contributed by atoms with E-state index in [1.807, 2.05) is 64.1 Å². The fourth-order valence-corrected chi connectivity index (χ4v) is 6.61. The van der Waals surface area contributed by atoms with E-state index in [4.69, 9.17) is 4.99 Å². The largest absolute Gasteiger partial charge is 0.253 e. The van der Waals surface area contributed by atoms with E-state index in [0.717, 1.165) is 39.2 Å². The smallest absolute Gasteiger partial charge is 0.0639 e. The summed E-state index contributed by atoms with van der Waals surface area (Å²) in [5.41, 5.74) is 8.51. The van der Waals surface area contributed by atoms with Gasteiger partial charge < -0.3 is 0 Å². The second kappa shape index (κ2) is 15.4. The normalized spacial score (nSPS) is 11.1. The minimum atomic E-state index is 0.766. The topological polar surface area (TPSA) is 12.4 Å². The van der Waals surface area contributed by atoms with Crippen LogP contribution >= 0.6 is 0 Å². The molecule has 0 amide bonds. The number of aliphatic imine (C=N–C) groups is 1. The van der Waals surface area contributed by atoms with Gasteiger partial charge in [-0.3, -0.25) is 4.99 Å². The Bertz CT molecular complexity index is 2460. The van der Waals surface area contributed by atoms with Crippen LogP contribution in [0.5, 0.6) is 0 Å². The van der Waals surface area contributed by atoms with E-state index >= 15 is 0 Å². The van der Waals surface area contributed by atoms with Crippen LogP contribution in [0.3, 0.4) is 0 Å². The van der Waals surface area contributed by atoms with E-state index in [9.17, 15) is 0 Å². The minimum absolute atomic E-state index is 0.766. The molecule has 0 aliphatic carbocycles. The molecular formula is C49H43N. The van der Waals surface area contributed by atoms with Crippen LogP contribution in [0.2, 0.25) is 0 Å². The third-order valence-corrected chi connectivity index (χ3v) is 9.04. The van der Waals surface area contributed by atoms with Crippen molar-refractivity contribution < 1.29 is 0 Å². The van der Waals surface area contributed by atoms with Crippen molar-refractivity contribution in [1.82, 2.24) is 0 Å². The van der Waals surface area contributed by atoms with E-state index in [1.54, 1.807) is 0 Å². The van der Waals surface area contributed by atoms with E-state index in [1.165, 1.54) is 48.7 Å². The molecule has 0 spiro atoms. The second-order valence-electron chi connectivity index (χ2n) is 12.2. The van der Waals surface area contributed by atoms with Crippen LogP contribution in [-0.2, 0) is 0 Å². The van der Waals surface area contributed by atoms with Crippen molar-refractivity contribution in [1.29, 1.82) is 0 Å². The molecule has 0 bridgehead atoms. The lowest BCUT2D eigenvalue weighted by Gasteiger charge is -2.15. The summed E-state index contributed by atoms with van der Waals surface area (Å²) < 4.78 is 0. The number of hydrogen-bond acceptors (Lipinski definition) is 1. The number of rotatable bonds is 5. The molecule has 0 aliphatic rings. The maximum Gasteiger partial charge on any atom is 0.0639 e. The van der Waals surface area contributed by atoms with Crippen LogP contribution in [0.25, 0.3) is 65.5 Å². The molecule has 244 valence electrons. The maximum atomic E-state index is 4.91. The zero-order chi connectivity index (χ0) is 35.0. The summed E-state index contributed by atoms with van der Waals surface area (Å²) in [5, 5.41) is 10.3. The van der Waals surface area contributed by atoms with Gasteiger partial charge in [-0.05, 0) is 85.3 Å². The summed E-state index contributed by atoms with van der Waals surface area (Å²) >= 11 is 0. The van der Waals surface area contributed by atoms with Crippen LogP contribution in [0, 0.1) is 0 Å². The van der Waals surface area contributed by atoms with Gasteiger partial charge in [0.2, 0.25) is 0 Å². The Labute approximate surface area is 296 Å². The van der Waals surface area contributed by atoms with Gasteiger partial charge in [0.1, 0.15) is 0 Å². The van der Waals surface area contributed by atoms with Crippen LogP contribution < -0.4 is 0 Å². The molecule has 1 nitrogen and oxygen atoms in total. The minimum Gasteiger partial charge on any atom is -0.253 e. The van der Waals surface area contributed by atoms with Crippen molar-refractivity contribution in [2.45, 2.75) is 27.7 Å². The van der Waals surface area contributed by atoms with E-state index < -0.39 is 0 Å². The van der Waals surface area contributed by atoms with Gasteiger partial charge in [0.25, 0.3) is 0 Å². The highest BCUT2D eigenvalue weighted by Crippen LogP contribution is 2.41. The SMILES string of the molecule is C=C(C)c1ccccc1.C=C(N=C(C)c1ccccc1)c1ccccc1-c1ccc2c(c1)c1ccccc1c1c3ccccc3ccc21.CC.